The lowest BCUT2D eigenvalue weighted by atomic mass is 10.1. The van der Waals surface area contributed by atoms with E-state index in [2.05, 4.69) is 25.6 Å². The minimum atomic E-state index is -2.95. The predicted molar refractivity (Wildman–Crippen MR) is 92.6 cm³/mol. The smallest absolute Gasteiger partial charge is 0.387 e. The molecule has 0 atom stereocenters. The Morgan fingerprint density at radius 1 is 1.19 bits per heavy atom. The first-order valence-corrected chi connectivity index (χ1v) is 8.35. The van der Waals surface area contributed by atoms with Crippen LogP contribution in [0.2, 0.25) is 0 Å². The van der Waals surface area contributed by atoms with Crippen molar-refractivity contribution in [1.82, 2.24) is 20.2 Å². The van der Waals surface area contributed by atoms with Gasteiger partial charge in [-0.25, -0.2) is 4.68 Å². The summed E-state index contributed by atoms with van der Waals surface area (Å²) in [6.07, 6.45) is 2.09. The highest BCUT2D eigenvalue weighted by Crippen LogP contribution is 2.36. The van der Waals surface area contributed by atoms with E-state index in [1.807, 2.05) is 6.07 Å². The monoisotopic (exact) mass is 371 g/mol. The van der Waals surface area contributed by atoms with Gasteiger partial charge in [0.2, 0.25) is 0 Å². The van der Waals surface area contributed by atoms with Gasteiger partial charge in [-0.15, -0.1) is 5.10 Å². The predicted octanol–water partition coefficient (Wildman–Crippen LogP) is 3.53. The van der Waals surface area contributed by atoms with Gasteiger partial charge in [0, 0.05) is 16.8 Å². The summed E-state index contributed by atoms with van der Waals surface area (Å²) >= 11 is 0. The molecule has 1 fully saturated rings. The van der Waals surface area contributed by atoms with Crippen LogP contribution in [-0.4, -0.2) is 32.7 Å². The molecule has 138 valence electrons. The molecule has 1 aromatic heterocycles. The van der Waals surface area contributed by atoms with E-state index in [9.17, 15) is 13.6 Å². The number of alkyl halides is 2. The van der Waals surface area contributed by atoms with Gasteiger partial charge in [-0.05, 0) is 53.6 Å². The maximum atomic E-state index is 12.4. The third-order valence-corrected chi connectivity index (χ3v) is 4.09. The molecule has 7 nitrogen and oxygen atoms in total. The van der Waals surface area contributed by atoms with E-state index in [0.29, 0.717) is 17.6 Å². The molecule has 3 aromatic rings. The Kier molecular flexibility index (Phi) is 4.49. The van der Waals surface area contributed by atoms with Gasteiger partial charge in [-0.2, -0.15) is 8.78 Å². The molecule has 1 aliphatic rings. The highest BCUT2D eigenvalue weighted by molar-refractivity contribution is 6.04. The molecule has 9 heteroatoms. The Morgan fingerprint density at radius 3 is 2.78 bits per heavy atom. The quantitative estimate of drug-likeness (QED) is 0.717. The SMILES string of the molecule is O=C(Nc1cccc(-c2nnnn2C2CC2)c1)c1cccc(OC(F)F)c1. The van der Waals surface area contributed by atoms with Crippen LogP contribution in [0, 0.1) is 0 Å². The number of hydrogen-bond acceptors (Lipinski definition) is 5. The lowest BCUT2D eigenvalue weighted by Gasteiger charge is -2.09. The Morgan fingerprint density at radius 2 is 2.00 bits per heavy atom. The maximum absolute atomic E-state index is 12.4. The average molecular weight is 371 g/mol. The number of amides is 1. The summed E-state index contributed by atoms with van der Waals surface area (Å²) in [5.41, 5.74) is 1.53. The number of aromatic nitrogens is 4. The number of benzene rings is 2. The molecule has 4 rings (SSSR count). The number of carbonyl (C=O) groups is 1. The summed E-state index contributed by atoms with van der Waals surface area (Å²) in [4.78, 5) is 12.4. The number of carbonyl (C=O) groups excluding carboxylic acids is 1. The number of nitrogens with zero attached hydrogens (tertiary/aromatic N) is 4. The van der Waals surface area contributed by atoms with Crippen LogP contribution in [0.3, 0.4) is 0 Å². The van der Waals surface area contributed by atoms with Gasteiger partial charge in [-0.3, -0.25) is 4.79 Å². The number of tetrazole rings is 1. The van der Waals surface area contributed by atoms with Gasteiger partial charge in [0.1, 0.15) is 5.75 Å². The minimum Gasteiger partial charge on any atom is -0.435 e. The van der Waals surface area contributed by atoms with Crippen molar-refractivity contribution in [2.24, 2.45) is 0 Å². The highest BCUT2D eigenvalue weighted by Gasteiger charge is 2.28. The Balaban J connectivity index is 1.53. The maximum Gasteiger partial charge on any atom is 0.387 e. The fourth-order valence-corrected chi connectivity index (χ4v) is 2.70. The second kappa shape index (κ2) is 7.10. The molecule has 0 saturated heterocycles. The van der Waals surface area contributed by atoms with Crippen LogP contribution in [0.15, 0.2) is 48.5 Å². The summed E-state index contributed by atoms with van der Waals surface area (Å²) in [5.74, 6) is 0.129. The molecule has 27 heavy (non-hydrogen) atoms. The van der Waals surface area contributed by atoms with Gasteiger partial charge in [-0.1, -0.05) is 18.2 Å². The first-order chi connectivity index (χ1) is 13.1. The van der Waals surface area contributed by atoms with Crippen molar-refractivity contribution in [2.75, 3.05) is 5.32 Å². The molecule has 0 spiro atoms. The van der Waals surface area contributed by atoms with E-state index in [1.54, 1.807) is 22.9 Å². The van der Waals surface area contributed by atoms with E-state index in [0.717, 1.165) is 18.4 Å². The fraction of sp³-hybridized carbons (Fsp3) is 0.222. The van der Waals surface area contributed by atoms with Crippen molar-refractivity contribution in [3.8, 4) is 17.1 Å². The number of anilines is 1. The van der Waals surface area contributed by atoms with Crippen LogP contribution < -0.4 is 10.1 Å². The van der Waals surface area contributed by atoms with Crippen molar-refractivity contribution < 1.29 is 18.3 Å². The number of halogens is 2. The molecule has 1 heterocycles. The Hall–Kier alpha value is -3.36. The molecular weight excluding hydrogens is 356 g/mol. The van der Waals surface area contributed by atoms with E-state index in [4.69, 9.17) is 0 Å². The number of hydrogen-bond donors (Lipinski definition) is 1. The second-order valence-electron chi connectivity index (χ2n) is 6.12. The van der Waals surface area contributed by atoms with Crippen LogP contribution in [0.5, 0.6) is 5.75 Å². The summed E-state index contributed by atoms with van der Waals surface area (Å²) in [5, 5.41) is 14.6. The molecule has 1 N–H and O–H groups in total. The van der Waals surface area contributed by atoms with Crippen molar-refractivity contribution in [1.29, 1.82) is 0 Å². The number of rotatable bonds is 6. The van der Waals surface area contributed by atoms with Gasteiger partial charge >= 0.3 is 6.61 Å². The van der Waals surface area contributed by atoms with E-state index >= 15 is 0 Å². The Bertz CT molecular complexity index is 972. The first kappa shape index (κ1) is 17.1. The van der Waals surface area contributed by atoms with Crippen LogP contribution in [-0.2, 0) is 0 Å². The summed E-state index contributed by atoms with van der Waals surface area (Å²) < 4.78 is 30.8. The van der Waals surface area contributed by atoms with Crippen LogP contribution in [0.1, 0.15) is 29.2 Å². The zero-order valence-electron chi connectivity index (χ0n) is 14.0. The highest BCUT2D eigenvalue weighted by atomic mass is 19.3. The van der Waals surface area contributed by atoms with E-state index in [1.165, 1.54) is 24.3 Å². The fourth-order valence-electron chi connectivity index (χ4n) is 2.70. The normalized spacial score (nSPS) is 13.6. The molecule has 1 aliphatic carbocycles. The van der Waals surface area contributed by atoms with Crippen molar-refractivity contribution in [2.45, 2.75) is 25.5 Å². The summed E-state index contributed by atoms with van der Waals surface area (Å²) in [6, 6.07) is 13.1. The third kappa shape index (κ3) is 3.91. The molecule has 0 radical (unpaired) electrons. The molecule has 0 aliphatic heterocycles. The zero-order chi connectivity index (χ0) is 18.8. The Labute approximate surface area is 153 Å². The number of nitrogens with one attached hydrogen (secondary N) is 1. The molecule has 0 unspecified atom stereocenters. The first-order valence-electron chi connectivity index (χ1n) is 8.35. The topological polar surface area (TPSA) is 81.9 Å². The molecule has 2 aromatic carbocycles. The summed E-state index contributed by atoms with van der Waals surface area (Å²) in [7, 11) is 0. The third-order valence-electron chi connectivity index (χ3n) is 4.09. The lowest BCUT2D eigenvalue weighted by Crippen LogP contribution is -2.12. The van der Waals surface area contributed by atoms with Crippen LogP contribution >= 0.6 is 0 Å². The molecule has 1 saturated carbocycles. The molecule has 1 amide bonds. The standard InChI is InChI=1S/C18H15F2N5O2/c19-18(20)27-15-6-2-4-12(10-15)17(26)21-13-5-1-3-11(9-13)16-22-23-24-25(16)14-7-8-14/h1-6,9-10,14,18H,7-8H2,(H,21,26). The van der Waals surface area contributed by atoms with Crippen LogP contribution in [0.4, 0.5) is 14.5 Å². The molecular formula is C18H15F2N5O2. The van der Waals surface area contributed by atoms with Gasteiger partial charge in [0.15, 0.2) is 5.82 Å². The summed E-state index contributed by atoms with van der Waals surface area (Å²) in [6.45, 7) is -2.95. The van der Waals surface area contributed by atoms with Gasteiger partial charge in [0.05, 0.1) is 6.04 Å². The van der Waals surface area contributed by atoms with Gasteiger partial charge in [0.25, 0.3) is 5.91 Å². The van der Waals surface area contributed by atoms with Crippen LogP contribution in [0.25, 0.3) is 11.4 Å². The van der Waals surface area contributed by atoms with Crippen molar-refractivity contribution >= 4 is 11.6 Å². The lowest BCUT2D eigenvalue weighted by molar-refractivity contribution is -0.0498. The van der Waals surface area contributed by atoms with E-state index in [-0.39, 0.29) is 11.3 Å². The van der Waals surface area contributed by atoms with Crippen molar-refractivity contribution in [3.63, 3.8) is 0 Å². The minimum absolute atomic E-state index is 0.0741. The van der Waals surface area contributed by atoms with Crippen molar-refractivity contribution in [3.05, 3.63) is 54.1 Å². The largest absolute Gasteiger partial charge is 0.435 e. The zero-order valence-corrected chi connectivity index (χ0v) is 14.0. The number of ether oxygens (including phenoxy) is 1. The average Bonchev–Trinajstić information content (AvgIpc) is 3.38. The molecule has 0 bridgehead atoms. The van der Waals surface area contributed by atoms with E-state index < -0.39 is 12.5 Å². The van der Waals surface area contributed by atoms with Gasteiger partial charge < -0.3 is 10.1 Å². The second-order valence-corrected chi connectivity index (χ2v) is 6.12.